The van der Waals surface area contributed by atoms with Gasteiger partial charge in [0.15, 0.2) is 0 Å². The highest BCUT2D eigenvalue weighted by Gasteiger charge is 2.06. The molecule has 1 N–H and O–H groups in total. The predicted octanol–water partition coefficient (Wildman–Crippen LogP) is 3.70. The fourth-order valence-corrected chi connectivity index (χ4v) is 2.11. The zero-order chi connectivity index (χ0) is 15.0. The number of amides is 1. The number of likely N-dealkylation sites (N-methyl/N-ethyl adjacent to an activating group) is 1. The summed E-state index contributed by atoms with van der Waals surface area (Å²) in [4.78, 5) is 13.3. The Balaban J connectivity index is 2.44. The Bertz CT molecular complexity index is 398. The number of hydrogen-bond donors (Lipinski definition) is 1. The van der Waals surface area contributed by atoms with E-state index in [-0.39, 0.29) is 5.91 Å². The molecule has 1 rings (SSSR count). The van der Waals surface area contributed by atoms with E-state index in [0.717, 1.165) is 11.3 Å². The third-order valence-electron chi connectivity index (χ3n) is 3.46. The van der Waals surface area contributed by atoms with Gasteiger partial charge in [0.1, 0.15) is 0 Å². The Morgan fingerprint density at radius 1 is 1.20 bits per heavy atom. The Hall–Kier alpha value is -1.51. The Labute approximate surface area is 123 Å². The van der Waals surface area contributed by atoms with Crippen LogP contribution in [-0.4, -0.2) is 30.9 Å². The number of nitrogens with one attached hydrogen (secondary N) is 1. The molecule has 0 heterocycles. The number of hydrogen-bond acceptors (Lipinski definition) is 2. The van der Waals surface area contributed by atoms with Crippen molar-refractivity contribution in [2.75, 3.05) is 19.4 Å². The molecule has 3 heteroatoms. The number of nitrogens with zero attached hydrogens (tertiary/aromatic N) is 1. The van der Waals surface area contributed by atoms with E-state index >= 15 is 0 Å². The molecule has 0 aliphatic heterocycles. The molecule has 3 nitrogen and oxygen atoms in total. The Morgan fingerprint density at radius 2 is 1.85 bits per heavy atom. The van der Waals surface area contributed by atoms with Crippen LogP contribution >= 0.6 is 0 Å². The molecule has 20 heavy (non-hydrogen) atoms. The van der Waals surface area contributed by atoms with Crippen LogP contribution in [-0.2, 0) is 11.2 Å². The highest BCUT2D eigenvalue weighted by Crippen LogP contribution is 2.14. The standard InChI is InChI=1S/C17H28N2O/c1-5-6-7-8-14(2)18-16-11-9-15(10-12-16)13-17(20)19(3)4/h9-12,14,18H,5-8,13H2,1-4H3. The highest BCUT2D eigenvalue weighted by atomic mass is 16.2. The fourth-order valence-electron chi connectivity index (χ4n) is 2.11. The maximum absolute atomic E-state index is 11.6. The number of benzene rings is 1. The van der Waals surface area contributed by atoms with Gasteiger partial charge in [-0.25, -0.2) is 0 Å². The van der Waals surface area contributed by atoms with Crippen molar-refractivity contribution in [2.24, 2.45) is 0 Å². The third-order valence-corrected chi connectivity index (χ3v) is 3.46. The average Bonchev–Trinajstić information content (AvgIpc) is 2.41. The van der Waals surface area contributed by atoms with E-state index in [4.69, 9.17) is 0 Å². The first kappa shape index (κ1) is 16.5. The Morgan fingerprint density at radius 3 is 2.40 bits per heavy atom. The molecule has 0 saturated heterocycles. The summed E-state index contributed by atoms with van der Waals surface area (Å²) < 4.78 is 0. The minimum absolute atomic E-state index is 0.138. The molecule has 0 aliphatic carbocycles. The van der Waals surface area contributed by atoms with Gasteiger partial charge in [-0.2, -0.15) is 0 Å². The maximum Gasteiger partial charge on any atom is 0.226 e. The summed E-state index contributed by atoms with van der Waals surface area (Å²) in [5.41, 5.74) is 2.20. The summed E-state index contributed by atoms with van der Waals surface area (Å²) in [6.45, 7) is 4.45. The first-order chi connectivity index (χ1) is 9.52. The van der Waals surface area contributed by atoms with E-state index < -0.39 is 0 Å². The van der Waals surface area contributed by atoms with E-state index in [0.29, 0.717) is 12.5 Å². The lowest BCUT2D eigenvalue weighted by Crippen LogP contribution is -2.23. The van der Waals surface area contributed by atoms with Crippen molar-refractivity contribution < 1.29 is 4.79 Å². The van der Waals surface area contributed by atoms with Crippen molar-refractivity contribution in [3.8, 4) is 0 Å². The quantitative estimate of drug-likeness (QED) is 0.734. The van der Waals surface area contributed by atoms with Gasteiger partial charge in [-0.1, -0.05) is 38.3 Å². The smallest absolute Gasteiger partial charge is 0.226 e. The molecule has 0 bridgehead atoms. The lowest BCUT2D eigenvalue weighted by atomic mass is 10.1. The highest BCUT2D eigenvalue weighted by molar-refractivity contribution is 5.78. The van der Waals surface area contributed by atoms with Crippen molar-refractivity contribution in [1.82, 2.24) is 4.90 Å². The van der Waals surface area contributed by atoms with Gasteiger partial charge < -0.3 is 10.2 Å². The second-order valence-electron chi connectivity index (χ2n) is 5.70. The summed E-state index contributed by atoms with van der Waals surface area (Å²) in [6, 6.07) is 8.68. The van der Waals surface area contributed by atoms with Crippen LogP contribution in [0.4, 0.5) is 5.69 Å². The van der Waals surface area contributed by atoms with E-state index in [1.165, 1.54) is 25.7 Å². The van der Waals surface area contributed by atoms with Crippen LogP contribution in [0.15, 0.2) is 24.3 Å². The molecule has 1 aromatic carbocycles. The first-order valence-corrected chi connectivity index (χ1v) is 7.58. The van der Waals surface area contributed by atoms with Crippen molar-refractivity contribution in [3.63, 3.8) is 0 Å². The molecular formula is C17H28N2O. The van der Waals surface area contributed by atoms with Crippen molar-refractivity contribution in [2.45, 2.75) is 52.0 Å². The zero-order valence-corrected chi connectivity index (χ0v) is 13.3. The molecule has 0 aromatic heterocycles. The van der Waals surface area contributed by atoms with Crippen LogP contribution in [0.3, 0.4) is 0 Å². The van der Waals surface area contributed by atoms with Gasteiger partial charge in [0.25, 0.3) is 0 Å². The summed E-state index contributed by atoms with van der Waals surface area (Å²) in [5, 5.41) is 3.51. The lowest BCUT2D eigenvalue weighted by molar-refractivity contribution is -0.127. The monoisotopic (exact) mass is 276 g/mol. The SMILES string of the molecule is CCCCCC(C)Nc1ccc(CC(=O)N(C)C)cc1. The third kappa shape index (κ3) is 6.09. The molecule has 0 spiro atoms. The van der Waals surface area contributed by atoms with Crippen molar-refractivity contribution >= 4 is 11.6 Å². The van der Waals surface area contributed by atoms with E-state index in [2.05, 4.69) is 31.3 Å². The molecule has 1 atom stereocenters. The number of anilines is 1. The molecule has 0 aliphatic rings. The van der Waals surface area contributed by atoms with Gasteiger partial charge in [-0.3, -0.25) is 4.79 Å². The van der Waals surface area contributed by atoms with Crippen molar-refractivity contribution in [3.05, 3.63) is 29.8 Å². The zero-order valence-electron chi connectivity index (χ0n) is 13.3. The van der Waals surface area contributed by atoms with Gasteiger partial charge in [0, 0.05) is 25.8 Å². The topological polar surface area (TPSA) is 32.3 Å². The van der Waals surface area contributed by atoms with E-state index in [1.807, 2.05) is 12.1 Å². The van der Waals surface area contributed by atoms with Gasteiger partial charge in [-0.05, 0) is 31.0 Å². The minimum atomic E-state index is 0.138. The van der Waals surface area contributed by atoms with Crippen LogP contribution in [0.25, 0.3) is 0 Å². The van der Waals surface area contributed by atoms with Crippen molar-refractivity contribution in [1.29, 1.82) is 0 Å². The van der Waals surface area contributed by atoms with E-state index in [9.17, 15) is 4.79 Å². The second-order valence-corrected chi connectivity index (χ2v) is 5.70. The van der Waals surface area contributed by atoms with Crippen LogP contribution in [0.2, 0.25) is 0 Å². The normalized spacial score (nSPS) is 12.0. The number of rotatable bonds is 8. The molecule has 1 amide bonds. The summed E-state index contributed by atoms with van der Waals surface area (Å²) in [6.07, 6.45) is 5.52. The van der Waals surface area contributed by atoms with Crippen LogP contribution in [0.5, 0.6) is 0 Å². The van der Waals surface area contributed by atoms with Gasteiger partial charge in [0.05, 0.1) is 6.42 Å². The second kappa shape index (κ2) is 8.62. The fraction of sp³-hybridized carbons (Fsp3) is 0.588. The van der Waals surface area contributed by atoms with Gasteiger partial charge in [-0.15, -0.1) is 0 Å². The summed E-state index contributed by atoms with van der Waals surface area (Å²) in [5.74, 6) is 0.138. The maximum atomic E-state index is 11.6. The number of carbonyl (C=O) groups is 1. The number of unbranched alkanes of at least 4 members (excludes halogenated alkanes) is 2. The summed E-state index contributed by atoms with van der Waals surface area (Å²) in [7, 11) is 3.58. The average molecular weight is 276 g/mol. The van der Waals surface area contributed by atoms with Crippen LogP contribution in [0, 0.1) is 0 Å². The molecular weight excluding hydrogens is 248 g/mol. The molecule has 1 unspecified atom stereocenters. The largest absolute Gasteiger partial charge is 0.383 e. The van der Waals surface area contributed by atoms with Crippen LogP contribution in [0.1, 0.15) is 45.1 Å². The molecule has 0 radical (unpaired) electrons. The first-order valence-electron chi connectivity index (χ1n) is 7.58. The molecule has 0 saturated carbocycles. The van der Waals surface area contributed by atoms with Gasteiger partial charge in [0.2, 0.25) is 5.91 Å². The summed E-state index contributed by atoms with van der Waals surface area (Å²) >= 11 is 0. The van der Waals surface area contributed by atoms with Gasteiger partial charge >= 0.3 is 0 Å². The molecule has 1 aromatic rings. The van der Waals surface area contributed by atoms with E-state index in [1.54, 1.807) is 19.0 Å². The Kier molecular flexibility index (Phi) is 7.13. The van der Waals surface area contributed by atoms with Crippen LogP contribution < -0.4 is 5.32 Å². The molecule has 112 valence electrons. The molecule has 0 fully saturated rings. The minimum Gasteiger partial charge on any atom is -0.383 e. The number of carbonyl (C=O) groups excluding carboxylic acids is 1. The predicted molar refractivity (Wildman–Crippen MR) is 86.1 cm³/mol. The lowest BCUT2D eigenvalue weighted by Gasteiger charge is -2.15.